The molecule has 116 valence electrons. The SMILES string of the molecule is CC(C)n1c(=O)n(SC(Cl)(Cl)Cl)n(SC(Cl)(Cl)Cl)c1=O. The van der Waals surface area contributed by atoms with Gasteiger partial charge in [-0.05, 0) is 13.8 Å². The molecule has 0 bridgehead atoms. The molecule has 0 radical (unpaired) electrons. The van der Waals surface area contributed by atoms with Crippen LogP contribution in [0.1, 0.15) is 19.9 Å². The molecule has 1 aromatic heterocycles. The highest BCUT2D eigenvalue weighted by molar-refractivity contribution is 8.05. The monoisotopic (exact) mass is 439 g/mol. The molecule has 5 nitrogen and oxygen atoms in total. The van der Waals surface area contributed by atoms with E-state index < -0.39 is 23.7 Å². The van der Waals surface area contributed by atoms with Gasteiger partial charge in [0, 0.05) is 29.9 Å². The Bertz CT molecular complexity index is 548. The zero-order valence-electron chi connectivity index (χ0n) is 9.82. The van der Waals surface area contributed by atoms with Crippen molar-refractivity contribution in [3.05, 3.63) is 21.0 Å². The summed E-state index contributed by atoms with van der Waals surface area (Å²) in [5, 5.41) is 0. The molecule has 0 saturated carbocycles. The topological polar surface area (TPSA) is 48.9 Å². The highest BCUT2D eigenvalue weighted by Gasteiger charge is 2.32. The summed E-state index contributed by atoms with van der Waals surface area (Å²) in [5.74, 6) is 0. The maximum atomic E-state index is 12.2. The van der Waals surface area contributed by atoms with Gasteiger partial charge in [0.2, 0.25) is 0 Å². The summed E-state index contributed by atoms with van der Waals surface area (Å²) in [6, 6.07) is -0.408. The lowest BCUT2D eigenvalue weighted by molar-refractivity contribution is 0.560. The van der Waals surface area contributed by atoms with E-state index in [-0.39, 0.29) is 0 Å². The van der Waals surface area contributed by atoms with E-state index in [9.17, 15) is 9.59 Å². The third-order valence-corrected chi connectivity index (χ3v) is 4.55. The molecule has 0 atom stereocenters. The molecule has 0 unspecified atom stereocenters. The standard InChI is InChI=1S/C7H7Cl6N3O2S2/c1-3(2)14-4(17)15(19-6(8,9)10)16(5(14)18)20-7(11,12)13/h3H,1-2H3. The average molecular weight is 442 g/mol. The van der Waals surface area contributed by atoms with Crippen LogP contribution in [0.3, 0.4) is 0 Å². The van der Waals surface area contributed by atoms with Crippen molar-refractivity contribution in [2.45, 2.75) is 26.1 Å². The molecule has 0 spiro atoms. The van der Waals surface area contributed by atoms with E-state index in [1.807, 2.05) is 0 Å². The highest BCUT2D eigenvalue weighted by Crippen LogP contribution is 2.42. The summed E-state index contributed by atoms with van der Waals surface area (Å²) < 4.78 is -1.11. The van der Waals surface area contributed by atoms with Crippen LogP contribution in [0.15, 0.2) is 9.59 Å². The molecule has 1 rings (SSSR count). The molecule has 0 aliphatic rings. The van der Waals surface area contributed by atoms with Gasteiger partial charge < -0.3 is 0 Å². The zero-order valence-corrected chi connectivity index (χ0v) is 16.0. The number of aromatic nitrogens is 3. The van der Waals surface area contributed by atoms with Gasteiger partial charge in [0.1, 0.15) is 0 Å². The largest absolute Gasteiger partial charge is 0.358 e. The van der Waals surface area contributed by atoms with Crippen LogP contribution < -0.4 is 11.4 Å². The highest BCUT2D eigenvalue weighted by atomic mass is 35.6. The zero-order chi connectivity index (χ0) is 15.9. The third kappa shape index (κ3) is 5.12. The van der Waals surface area contributed by atoms with Gasteiger partial charge in [0.25, 0.3) is 6.25 Å². The van der Waals surface area contributed by atoms with Crippen molar-refractivity contribution in [3.8, 4) is 0 Å². The fourth-order valence-electron chi connectivity index (χ4n) is 1.21. The van der Waals surface area contributed by atoms with Crippen molar-refractivity contribution >= 4 is 93.5 Å². The van der Waals surface area contributed by atoms with Crippen LogP contribution in [0.5, 0.6) is 0 Å². The van der Waals surface area contributed by atoms with Gasteiger partial charge in [0.05, 0.1) is 0 Å². The molecule has 0 fully saturated rings. The van der Waals surface area contributed by atoms with Crippen LogP contribution in [-0.2, 0) is 0 Å². The first-order valence-corrected chi connectivity index (χ1v) is 8.64. The second-order valence-electron chi connectivity index (χ2n) is 3.65. The Balaban J connectivity index is 3.51. The first-order valence-electron chi connectivity index (χ1n) is 4.82. The Morgan fingerprint density at radius 2 is 1.15 bits per heavy atom. The molecule has 0 saturated heterocycles. The van der Waals surface area contributed by atoms with E-state index in [1.54, 1.807) is 13.8 Å². The van der Waals surface area contributed by atoms with Crippen molar-refractivity contribution in [3.63, 3.8) is 0 Å². The van der Waals surface area contributed by atoms with Crippen molar-refractivity contribution in [2.75, 3.05) is 0 Å². The Morgan fingerprint density at radius 1 is 0.850 bits per heavy atom. The van der Waals surface area contributed by atoms with Gasteiger partial charge in [-0.3, -0.25) is 0 Å². The smallest absolute Gasteiger partial charge is 0.245 e. The lowest BCUT2D eigenvalue weighted by atomic mass is 10.4. The predicted molar refractivity (Wildman–Crippen MR) is 89.9 cm³/mol. The summed E-state index contributed by atoms with van der Waals surface area (Å²) in [6.45, 7) is 3.30. The molecule has 0 aromatic carbocycles. The maximum Gasteiger partial charge on any atom is 0.358 e. The summed E-state index contributed by atoms with van der Waals surface area (Å²) in [6.07, 6.45) is 0. The summed E-state index contributed by atoms with van der Waals surface area (Å²) in [7, 11) is 0. The predicted octanol–water partition coefficient (Wildman–Crippen LogP) is 4.04. The molecule has 20 heavy (non-hydrogen) atoms. The first-order chi connectivity index (χ1) is 8.83. The van der Waals surface area contributed by atoms with Crippen molar-refractivity contribution in [2.24, 2.45) is 0 Å². The van der Waals surface area contributed by atoms with Crippen LogP contribution in [0.25, 0.3) is 0 Å². The summed E-state index contributed by atoms with van der Waals surface area (Å²) in [4.78, 5) is 24.4. The number of nitrogens with zero attached hydrogens (tertiary/aromatic N) is 3. The second-order valence-corrected chi connectivity index (χ2v) is 11.8. The lowest BCUT2D eigenvalue weighted by Gasteiger charge is -2.14. The number of halogens is 6. The Labute approximate surface area is 152 Å². The maximum absolute atomic E-state index is 12.2. The molecular weight excluding hydrogens is 435 g/mol. The third-order valence-electron chi connectivity index (χ3n) is 1.80. The molecule has 1 heterocycles. The van der Waals surface area contributed by atoms with E-state index in [4.69, 9.17) is 69.6 Å². The fourth-order valence-corrected chi connectivity index (χ4v) is 3.60. The van der Waals surface area contributed by atoms with E-state index in [2.05, 4.69) is 0 Å². The van der Waals surface area contributed by atoms with Gasteiger partial charge >= 0.3 is 11.4 Å². The van der Waals surface area contributed by atoms with Crippen molar-refractivity contribution in [1.29, 1.82) is 0 Å². The minimum absolute atomic E-state index is 0.408. The van der Waals surface area contributed by atoms with Gasteiger partial charge in [-0.1, -0.05) is 69.6 Å². The Kier molecular flexibility index (Phi) is 6.48. The molecule has 0 aliphatic carbocycles. The second kappa shape index (κ2) is 6.74. The molecule has 0 aliphatic heterocycles. The lowest BCUT2D eigenvalue weighted by Crippen LogP contribution is -2.30. The Morgan fingerprint density at radius 3 is 1.35 bits per heavy atom. The van der Waals surface area contributed by atoms with E-state index in [0.717, 1.165) is 12.7 Å². The van der Waals surface area contributed by atoms with Crippen LogP contribution in [0, 0.1) is 0 Å². The molecular formula is C7H7Cl6N3O2S2. The van der Waals surface area contributed by atoms with Crippen molar-refractivity contribution in [1.82, 2.24) is 12.7 Å². The van der Waals surface area contributed by atoms with E-state index in [1.165, 1.54) is 0 Å². The molecule has 0 N–H and O–H groups in total. The molecule has 1 aromatic rings. The minimum atomic E-state index is -1.87. The summed E-state index contributed by atoms with van der Waals surface area (Å²) >= 11 is 34.7. The Hall–Kier alpha value is 1.18. The number of alkyl halides is 6. The van der Waals surface area contributed by atoms with Crippen molar-refractivity contribution < 1.29 is 0 Å². The molecule has 0 amide bonds. The quantitative estimate of drug-likeness (QED) is 0.664. The van der Waals surface area contributed by atoms with Crippen LogP contribution in [0.2, 0.25) is 0 Å². The van der Waals surface area contributed by atoms with E-state index >= 15 is 0 Å². The minimum Gasteiger partial charge on any atom is -0.245 e. The fraction of sp³-hybridized carbons (Fsp3) is 0.714. The van der Waals surface area contributed by atoms with Gasteiger partial charge in [0.15, 0.2) is 0 Å². The van der Waals surface area contributed by atoms with E-state index in [0.29, 0.717) is 23.9 Å². The van der Waals surface area contributed by atoms with Gasteiger partial charge in [-0.25, -0.2) is 14.2 Å². The van der Waals surface area contributed by atoms with Gasteiger partial charge in [-0.15, -0.1) is 0 Å². The summed E-state index contributed by atoms with van der Waals surface area (Å²) in [5.41, 5.74) is -1.38. The van der Waals surface area contributed by atoms with Crippen LogP contribution in [-0.4, -0.2) is 19.0 Å². The van der Waals surface area contributed by atoms with Crippen LogP contribution >= 0.6 is 93.5 Å². The number of hydrogen-bond acceptors (Lipinski definition) is 4. The van der Waals surface area contributed by atoms with Gasteiger partial charge in [-0.2, -0.15) is 8.17 Å². The average Bonchev–Trinajstić information content (AvgIpc) is 2.38. The molecule has 13 heteroatoms. The number of hydrogen-bond donors (Lipinski definition) is 0. The number of rotatable bonds is 3. The van der Waals surface area contributed by atoms with Crippen LogP contribution in [0.4, 0.5) is 0 Å². The normalized spacial score (nSPS) is 13.2. The first kappa shape index (κ1) is 19.2.